The molecule has 0 aliphatic heterocycles. The van der Waals surface area contributed by atoms with Crippen LogP contribution in [0.25, 0.3) is 0 Å². The molecule has 0 saturated heterocycles. The zero-order valence-electron chi connectivity index (χ0n) is 7.47. The lowest BCUT2D eigenvalue weighted by atomic mass is 10.0. The third kappa shape index (κ3) is 2.73. The highest BCUT2D eigenvalue weighted by molar-refractivity contribution is 5.15. The Morgan fingerprint density at radius 1 is 1.43 bits per heavy atom. The van der Waals surface area contributed by atoms with Gasteiger partial charge in [-0.3, -0.25) is 0 Å². The molecule has 5 heteroatoms. The van der Waals surface area contributed by atoms with Crippen molar-refractivity contribution in [3.8, 4) is 0 Å². The number of hydrogen-bond acceptors (Lipinski definition) is 4. The summed E-state index contributed by atoms with van der Waals surface area (Å²) >= 11 is 0. The van der Waals surface area contributed by atoms with Crippen molar-refractivity contribution in [2.24, 2.45) is 0 Å². The zero-order valence-corrected chi connectivity index (χ0v) is 7.47. The summed E-state index contributed by atoms with van der Waals surface area (Å²) in [6, 6.07) is 2.46. The van der Waals surface area contributed by atoms with E-state index >= 15 is 0 Å². The highest BCUT2D eigenvalue weighted by Gasteiger charge is 2.18. The Morgan fingerprint density at radius 3 is 2.71 bits per heavy atom. The van der Waals surface area contributed by atoms with Crippen LogP contribution in [0.15, 0.2) is 18.3 Å². The van der Waals surface area contributed by atoms with Crippen LogP contribution in [0.1, 0.15) is 18.1 Å². The molecule has 1 rings (SSSR count). The van der Waals surface area contributed by atoms with Gasteiger partial charge < -0.3 is 15.3 Å². The second kappa shape index (κ2) is 4.99. The Kier molecular flexibility index (Phi) is 3.94. The van der Waals surface area contributed by atoms with E-state index in [1.54, 1.807) is 0 Å². The van der Waals surface area contributed by atoms with Crippen LogP contribution in [-0.2, 0) is 0 Å². The van der Waals surface area contributed by atoms with E-state index in [4.69, 9.17) is 5.11 Å². The van der Waals surface area contributed by atoms with Gasteiger partial charge in [0.2, 0.25) is 5.95 Å². The van der Waals surface area contributed by atoms with Crippen LogP contribution in [0.5, 0.6) is 0 Å². The van der Waals surface area contributed by atoms with E-state index in [9.17, 15) is 14.6 Å². The van der Waals surface area contributed by atoms with Gasteiger partial charge in [0, 0.05) is 12.8 Å². The molecule has 0 bridgehead atoms. The van der Waals surface area contributed by atoms with E-state index in [2.05, 4.69) is 4.98 Å². The molecule has 1 heterocycles. The average molecular weight is 201 g/mol. The van der Waals surface area contributed by atoms with Crippen LogP contribution in [0.3, 0.4) is 0 Å². The first-order valence-corrected chi connectivity index (χ1v) is 4.23. The second-order valence-corrected chi connectivity index (χ2v) is 2.94. The van der Waals surface area contributed by atoms with Gasteiger partial charge in [0.05, 0.1) is 6.10 Å². The van der Waals surface area contributed by atoms with Crippen molar-refractivity contribution in [1.29, 1.82) is 0 Å². The molecule has 78 valence electrons. The molecule has 0 spiro atoms. The lowest BCUT2D eigenvalue weighted by Gasteiger charge is -2.16. The number of halogens is 1. The first-order chi connectivity index (χ1) is 6.65. The molecule has 0 amide bonds. The molecule has 4 nitrogen and oxygen atoms in total. The lowest BCUT2D eigenvalue weighted by molar-refractivity contribution is 0.00401. The highest BCUT2D eigenvalue weighted by Crippen LogP contribution is 2.18. The van der Waals surface area contributed by atoms with Crippen molar-refractivity contribution in [3.05, 3.63) is 29.8 Å². The van der Waals surface area contributed by atoms with Crippen molar-refractivity contribution in [3.63, 3.8) is 0 Å². The number of nitrogens with zero attached hydrogens (tertiary/aromatic N) is 1. The van der Waals surface area contributed by atoms with Crippen LogP contribution in [0.2, 0.25) is 0 Å². The van der Waals surface area contributed by atoms with Crippen molar-refractivity contribution in [1.82, 2.24) is 4.98 Å². The minimum atomic E-state index is -1.19. The minimum Gasteiger partial charge on any atom is -0.396 e. The molecular formula is C9H12FNO3. The summed E-state index contributed by atoms with van der Waals surface area (Å²) < 4.78 is 12.6. The molecule has 1 aromatic rings. The van der Waals surface area contributed by atoms with Crippen LogP contribution < -0.4 is 0 Å². The van der Waals surface area contributed by atoms with Gasteiger partial charge in [-0.2, -0.15) is 4.39 Å². The third-order valence-electron chi connectivity index (χ3n) is 1.88. The summed E-state index contributed by atoms with van der Waals surface area (Å²) in [5, 5.41) is 27.3. The van der Waals surface area contributed by atoms with Gasteiger partial charge in [0.1, 0.15) is 6.10 Å². The van der Waals surface area contributed by atoms with Crippen LogP contribution in [0, 0.1) is 5.95 Å². The number of pyridine rings is 1. The molecule has 0 aromatic carbocycles. The SMILES string of the molecule is OCCC(O)C(O)c1ccnc(F)c1. The van der Waals surface area contributed by atoms with Gasteiger partial charge in [0.15, 0.2) is 0 Å². The highest BCUT2D eigenvalue weighted by atomic mass is 19.1. The maximum absolute atomic E-state index is 12.6. The predicted molar refractivity (Wildman–Crippen MR) is 46.9 cm³/mol. The smallest absolute Gasteiger partial charge is 0.213 e. The Balaban J connectivity index is 2.73. The van der Waals surface area contributed by atoms with Gasteiger partial charge in [-0.1, -0.05) is 0 Å². The van der Waals surface area contributed by atoms with Gasteiger partial charge >= 0.3 is 0 Å². The molecule has 0 radical (unpaired) electrons. The van der Waals surface area contributed by atoms with Crippen molar-refractivity contribution in [2.45, 2.75) is 18.6 Å². The molecule has 0 aliphatic rings. The van der Waals surface area contributed by atoms with Crippen molar-refractivity contribution < 1.29 is 19.7 Å². The molecule has 0 saturated carbocycles. The summed E-state index contributed by atoms with van der Waals surface area (Å²) in [6.07, 6.45) is -1.04. The largest absolute Gasteiger partial charge is 0.396 e. The van der Waals surface area contributed by atoms with E-state index in [1.165, 1.54) is 12.3 Å². The Bertz CT molecular complexity index is 295. The molecule has 2 atom stereocenters. The van der Waals surface area contributed by atoms with E-state index < -0.39 is 18.2 Å². The van der Waals surface area contributed by atoms with Gasteiger partial charge in [0.25, 0.3) is 0 Å². The van der Waals surface area contributed by atoms with E-state index in [1.807, 2.05) is 0 Å². The van der Waals surface area contributed by atoms with Crippen LogP contribution in [-0.4, -0.2) is 33.0 Å². The topological polar surface area (TPSA) is 73.6 Å². The maximum atomic E-state index is 12.6. The van der Waals surface area contributed by atoms with E-state index in [0.717, 1.165) is 6.07 Å². The molecule has 1 aromatic heterocycles. The Labute approximate surface area is 80.7 Å². The number of aliphatic hydroxyl groups is 3. The maximum Gasteiger partial charge on any atom is 0.213 e. The Morgan fingerprint density at radius 2 is 2.14 bits per heavy atom. The number of aliphatic hydroxyl groups excluding tert-OH is 3. The Hall–Kier alpha value is -1.04. The number of rotatable bonds is 4. The summed E-state index contributed by atoms with van der Waals surface area (Å²) in [7, 11) is 0. The summed E-state index contributed by atoms with van der Waals surface area (Å²) in [6.45, 7) is -0.230. The molecular weight excluding hydrogens is 189 g/mol. The third-order valence-corrected chi connectivity index (χ3v) is 1.88. The average Bonchev–Trinajstić information content (AvgIpc) is 2.17. The monoisotopic (exact) mass is 201 g/mol. The fourth-order valence-electron chi connectivity index (χ4n) is 1.11. The zero-order chi connectivity index (χ0) is 10.6. The van der Waals surface area contributed by atoms with Crippen molar-refractivity contribution in [2.75, 3.05) is 6.61 Å². The van der Waals surface area contributed by atoms with Gasteiger partial charge in [-0.05, 0) is 24.1 Å². The van der Waals surface area contributed by atoms with Gasteiger partial charge in [-0.15, -0.1) is 0 Å². The summed E-state index contributed by atoms with van der Waals surface area (Å²) in [5.41, 5.74) is 0.249. The quantitative estimate of drug-likeness (QED) is 0.599. The lowest BCUT2D eigenvalue weighted by Crippen LogP contribution is -2.19. The fraction of sp³-hybridized carbons (Fsp3) is 0.444. The standard InChI is InChI=1S/C9H12FNO3/c10-8-5-6(1-3-11-8)9(14)7(13)2-4-12/h1,3,5,7,9,12-14H,2,4H2. The molecule has 0 fully saturated rings. The van der Waals surface area contributed by atoms with Crippen LogP contribution in [0.4, 0.5) is 4.39 Å². The summed E-state index contributed by atoms with van der Waals surface area (Å²) in [4.78, 5) is 3.32. The minimum absolute atomic E-state index is 0.0467. The number of aromatic nitrogens is 1. The fourth-order valence-corrected chi connectivity index (χ4v) is 1.11. The predicted octanol–water partition coefficient (Wildman–Crippen LogP) is -0.00260. The van der Waals surface area contributed by atoms with E-state index in [-0.39, 0.29) is 18.6 Å². The molecule has 0 aliphatic carbocycles. The first-order valence-electron chi connectivity index (χ1n) is 4.23. The van der Waals surface area contributed by atoms with Gasteiger partial charge in [-0.25, -0.2) is 4.98 Å². The van der Waals surface area contributed by atoms with Crippen LogP contribution >= 0.6 is 0 Å². The number of hydrogen-bond donors (Lipinski definition) is 3. The van der Waals surface area contributed by atoms with E-state index in [0.29, 0.717) is 0 Å². The van der Waals surface area contributed by atoms with Crippen molar-refractivity contribution >= 4 is 0 Å². The molecule has 2 unspecified atom stereocenters. The summed E-state index contributed by atoms with van der Waals surface area (Å²) in [5.74, 6) is -0.710. The molecule has 14 heavy (non-hydrogen) atoms. The molecule has 3 N–H and O–H groups in total. The second-order valence-electron chi connectivity index (χ2n) is 2.94. The first kappa shape index (κ1) is 11.0. The normalized spacial score (nSPS) is 15.1.